The van der Waals surface area contributed by atoms with E-state index >= 15 is 0 Å². The molecule has 1 aromatic heterocycles. The van der Waals surface area contributed by atoms with Crippen molar-refractivity contribution in [2.45, 2.75) is 19.5 Å². The molecule has 22 heavy (non-hydrogen) atoms. The first-order chi connectivity index (χ1) is 10.7. The normalized spacial score (nSPS) is 24.6. The smallest absolute Gasteiger partial charge is 0.236 e. The Morgan fingerprint density at radius 1 is 1.32 bits per heavy atom. The minimum absolute atomic E-state index is 0.295. The molecule has 122 valence electrons. The summed E-state index contributed by atoms with van der Waals surface area (Å²) in [7, 11) is 0. The van der Waals surface area contributed by atoms with Crippen LogP contribution < -0.4 is 5.32 Å². The minimum atomic E-state index is 0.295. The quantitative estimate of drug-likeness (QED) is 0.885. The van der Waals surface area contributed by atoms with Gasteiger partial charge in [0, 0.05) is 58.4 Å². The van der Waals surface area contributed by atoms with Gasteiger partial charge in [0.1, 0.15) is 0 Å². The second-order valence-corrected chi connectivity index (χ2v) is 7.09. The van der Waals surface area contributed by atoms with Crippen LogP contribution in [0.15, 0.2) is 16.8 Å². The Labute approximate surface area is 136 Å². The summed E-state index contributed by atoms with van der Waals surface area (Å²) in [5, 5.41) is 7.71. The molecule has 1 atom stereocenters. The van der Waals surface area contributed by atoms with Gasteiger partial charge in [-0.15, -0.1) is 0 Å². The van der Waals surface area contributed by atoms with Crippen molar-refractivity contribution in [3.05, 3.63) is 22.4 Å². The SMILES string of the molecule is C[C@@H]1CNCCN1CC(=O)N1CCN(Cc2ccsc2)CC1. The van der Waals surface area contributed by atoms with E-state index in [2.05, 4.69) is 38.9 Å². The number of rotatable bonds is 4. The van der Waals surface area contributed by atoms with E-state index in [0.29, 0.717) is 18.5 Å². The molecule has 0 saturated carbocycles. The van der Waals surface area contributed by atoms with E-state index in [9.17, 15) is 4.79 Å². The molecule has 5 nitrogen and oxygen atoms in total. The van der Waals surface area contributed by atoms with Crippen LogP contribution in [0, 0.1) is 0 Å². The Morgan fingerprint density at radius 2 is 2.14 bits per heavy atom. The van der Waals surface area contributed by atoms with Gasteiger partial charge in [0.05, 0.1) is 6.54 Å². The molecule has 1 N–H and O–H groups in total. The van der Waals surface area contributed by atoms with Gasteiger partial charge in [0.25, 0.3) is 0 Å². The summed E-state index contributed by atoms with van der Waals surface area (Å²) < 4.78 is 0. The number of carbonyl (C=O) groups excluding carboxylic acids is 1. The standard InChI is InChI=1S/C16H26N4OS/c1-14-10-17-3-4-20(14)12-16(21)19-7-5-18(6-8-19)11-15-2-9-22-13-15/h2,9,13-14,17H,3-8,10-12H2,1H3/t14-/m1/s1. The lowest BCUT2D eigenvalue weighted by atomic mass is 10.2. The largest absolute Gasteiger partial charge is 0.339 e. The van der Waals surface area contributed by atoms with Crippen LogP contribution in [-0.2, 0) is 11.3 Å². The van der Waals surface area contributed by atoms with Crippen LogP contribution in [0.4, 0.5) is 0 Å². The second kappa shape index (κ2) is 7.55. The summed E-state index contributed by atoms with van der Waals surface area (Å²) in [5.74, 6) is 0.295. The fraction of sp³-hybridized carbons (Fsp3) is 0.688. The molecule has 2 aliphatic heterocycles. The first-order valence-electron chi connectivity index (χ1n) is 8.18. The molecule has 0 spiro atoms. The molecule has 0 unspecified atom stereocenters. The summed E-state index contributed by atoms with van der Waals surface area (Å²) in [6.45, 7) is 10.4. The van der Waals surface area contributed by atoms with Crippen LogP contribution in [0.25, 0.3) is 0 Å². The van der Waals surface area contributed by atoms with Crippen molar-refractivity contribution in [2.75, 3.05) is 52.4 Å². The number of nitrogens with one attached hydrogen (secondary N) is 1. The van der Waals surface area contributed by atoms with Gasteiger partial charge >= 0.3 is 0 Å². The number of amides is 1. The molecule has 2 aliphatic rings. The molecule has 1 aromatic rings. The average Bonchev–Trinajstić information content (AvgIpc) is 3.03. The van der Waals surface area contributed by atoms with Crippen molar-refractivity contribution in [1.29, 1.82) is 0 Å². The van der Waals surface area contributed by atoms with Gasteiger partial charge in [0.2, 0.25) is 5.91 Å². The molecule has 1 amide bonds. The molecule has 6 heteroatoms. The Kier molecular flexibility index (Phi) is 5.46. The van der Waals surface area contributed by atoms with E-state index in [-0.39, 0.29) is 0 Å². The monoisotopic (exact) mass is 322 g/mol. The maximum Gasteiger partial charge on any atom is 0.236 e. The first kappa shape index (κ1) is 15.9. The Bertz CT molecular complexity index is 471. The average molecular weight is 322 g/mol. The van der Waals surface area contributed by atoms with Crippen molar-refractivity contribution in [3.8, 4) is 0 Å². The highest BCUT2D eigenvalue weighted by Crippen LogP contribution is 2.12. The predicted molar refractivity (Wildman–Crippen MR) is 90.1 cm³/mol. The summed E-state index contributed by atoms with van der Waals surface area (Å²) in [5.41, 5.74) is 1.39. The fourth-order valence-electron chi connectivity index (χ4n) is 3.19. The first-order valence-corrected chi connectivity index (χ1v) is 9.12. The number of nitrogens with zero attached hydrogens (tertiary/aromatic N) is 3. The molecule has 0 aliphatic carbocycles. The molecule has 2 fully saturated rings. The van der Waals surface area contributed by atoms with E-state index < -0.39 is 0 Å². The van der Waals surface area contributed by atoms with Crippen LogP contribution in [-0.4, -0.2) is 79.0 Å². The van der Waals surface area contributed by atoms with E-state index in [1.807, 2.05) is 4.90 Å². The lowest BCUT2D eigenvalue weighted by Crippen LogP contribution is -2.55. The third-order valence-electron chi connectivity index (χ3n) is 4.69. The highest BCUT2D eigenvalue weighted by atomic mass is 32.1. The maximum absolute atomic E-state index is 12.5. The van der Waals surface area contributed by atoms with E-state index in [4.69, 9.17) is 0 Å². The van der Waals surface area contributed by atoms with E-state index in [1.54, 1.807) is 11.3 Å². The zero-order chi connectivity index (χ0) is 15.4. The lowest BCUT2D eigenvalue weighted by Gasteiger charge is -2.38. The minimum Gasteiger partial charge on any atom is -0.339 e. The van der Waals surface area contributed by atoms with Gasteiger partial charge in [-0.2, -0.15) is 11.3 Å². The number of thiophene rings is 1. The van der Waals surface area contributed by atoms with Crippen LogP contribution in [0.1, 0.15) is 12.5 Å². The lowest BCUT2D eigenvalue weighted by molar-refractivity contribution is -0.135. The van der Waals surface area contributed by atoms with Crippen molar-refractivity contribution < 1.29 is 4.79 Å². The third-order valence-corrected chi connectivity index (χ3v) is 5.42. The maximum atomic E-state index is 12.5. The predicted octanol–water partition coefficient (Wildman–Crippen LogP) is 0.686. The van der Waals surface area contributed by atoms with Gasteiger partial charge in [-0.25, -0.2) is 0 Å². The van der Waals surface area contributed by atoms with Crippen molar-refractivity contribution in [2.24, 2.45) is 0 Å². The zero-order valence-corrected chi connectivity index (χ0v) is 14.1. The summed E-state index contributed by atoms with van der Waals surface area (Å²) >= 11 is 1.75. The van der Waals surface area contributed by atoms with E-state index in [1.165, 1.54) is 5.56 Å². The number of hydrogen-bond acceptors (Lipinski definition) is 5. The van der Waals surface area contributed by atoms with E-state index in [0.717, 1.165) is 52.4 Å². The van der Waals surface area contributed by atoms with Gasteiger partial charge in [-0.1, -0.05) is 0 Å². The van der Waals surface area contributed by atoms with Crippen LogP contribution in [0.5, 0.6) is 0 Å². The van der Waals surface area contributed by atoms with Gasteiger partial charge < -0.3 is 10.2 Å². The second-order valence-electron chi connectivity index (χ2n) is 6.31. The molecular weight excluding hydrogens is 296 g/mol. The van der Waals surface area contributed by atoms with Gasteiger partial charge in [-0.3, -0.25) is 14.6 Å². The molecule has 2 saturated heterocycles. The van der Waals surface area contributed by atoms with Crippen molar-refractivity contribution in [1.82, 2.24) is 20.0 Å². The molecule has 0 radical (unpaired) electrons. The summed E-state index contributed by atoms with van der Waals surface area (Å²) in [6.07, 6.45) is 0. The molecular formula is C16H26N4OS. The van der Waals surface area contributed by atoms with Crippen molar-refractivity contribution in [3.63, 3.8) is 0 Å². The molecule has 0 aromatic carbocycles. The Morgan fingerprint density at radius 3 is 2.82 bits per heavy atom. The summed E-state index contributed by atoms with van der Waals surface area (Å²) in [6, 6.07) is 2.64. The Balaban J connectivity index is 1.43. The summed E-state index contributed by atoms with van der Waals surface area (Å²) in [4.78, 5) is 19.3. The number of carbonyl (C=O) groups is 1. The number of piperazine rings is 2. The van der Waals surface area contributed by atoms with Gasteiger partial charge in [0.15, 0.2) is 0 Å². The van der Waals surface area contributed by atoms with Crippen LogP contribution >= 0.6 is 11.3 Å². The van der Waals surface area contributed by atoms with Crippen molar-refractivity contribution >= 4 is 17.2 Å². The van der Waals surface area contributed by atoms with Crippen LogP contribution in [0.2, 0.25) is 0 Å². The third kappa shape index (κ3) is 4.07. The zero-order valence-electron chi connectivity index (χ0n) is 13.3. The topological polar surface area (TPSA) is 38.8 Å². The fourth-order valence-corrected chi connectivity index (χ4v) is 3.85. The van der Waals surface area contributed by atoms with Crippen LogP contribution in [0.3, 0.4) is 0 Å². The highest BCUT2D eigenvalue weighted by Gasteiger charge is 2.25. The molecule has 3 heterocycles. The molecule has 0 bridgehead atoms. The number of hydrogen-bond donors (Lipinski definition) is 1. The highest BCUT2D eigenvalue weighted by molar-refractivity contribution is 7.07. The Hall–Kier alpha value is -0.950. The molecule has 3 rings (SSSR count). The van der Waals surface area contributed by atoms with Gasteiger partial charge in [-0.05, 0) is 29.3 Å².